The van der Waals surface area contributed by atoms with E-state index in [1.807, 2.05) is 0 Å². The maximum absolute atomic E-state index is 9.36. The molecule has 12 heavy (non-hydrogen) atoms. The van der Waals surface area contributed by atoms with Crippen LogP contribution in [0.5, 0.6) is 0 Å². The first-order chi connectivity index (χ1) is 5.60. The van der Waals surface area contributed by atoms with Gasteiger partial charge in [0.25, 0.3) is 0 Å². The predicted molar refractivity (Wildman–Crippen MR) is 49.1 cm³/mol. The van der Waals surface area contributed by atoms with Gasteiger partial charge in [-0.15, -0.1) is 0 Å². The third kappa shape index (κ3) is 1.80. The van der Waals surface area contributed by atoms with E-state index in [1.54, 1.807) is 7.11 Å². The molecule has 2 heteroatoms. The molecular formula is C10H20O2. The zero-order chi connectivity index (χ0) is 9.19. The number of methoxy groups -OCH3 is 1. The van der Waals surface area contributed by atoms with Gasteiger partial charge in [0.1, 0.15) is 0 Å². The van der Waals surface area contributed by atoms with E-state index in [2.05, 4.69) is 13.8 Å². The second kappa shape index (κ2) is 3.75. The Kier molecular flexibility index (Phi) is 3.13. The quantitative estimate of drug-likeness (QED) is 0.690. The minimum Gasteiger partial charge on any atom is -0.393 e. The SMILES string of the molecule is COC1(C(C)C)CCC(O)CC1. The number of aliphatic hydroxyl groups is 1. The zero-order valence-electron chi connectivity index (χ0n) is 8.34. The maximum Gasteiger partial charge on any atom is 0.0703 e. The van der Waals surface area contributed by atoms with Crippen LogP contribution >= 0.6 is 0 Å². The molecule has 0 spiro atoms. The average Bonchev–Trinajstić information content (AvgIpc) is 2.06. The van der Waals surface area contributed by atoms with Crippen LogP contribution in [0.2, 0.25) is 0 Å². The first-order valence-electron chi connectivity index (χ1n) is 4.84. The molecule has 0 atom stereocenters. The summed E-state index contributed by atoms with van der Waals surface area (Å²) in [6.45, 7) is 4.39. The van der Waals surface area contributed by atoms with Crippen LogP contribution in [0, 0.1) is 5.92 Å². The fourth-order valence-corrected chi connectivity index (χ4v) is 2.11. The van der Waals surface area contributed by atoms with Gasteiger partial charge in [-0.2, -0.15) is 0 Å². The first kappa shape index (κ1) is 10.0. The van der Waals surface area contributed by atoms with Crippen molar-refractivity contribution in [1.29, 1.82) is 0 Å². The Morgan fingerprint density at radius 3 is 2.17 bits per heavy atom. The molecule has 0 aromatic rings. The Hall–Kier alpha value is -0.0800. The zero-order valence-corrected chi connectivity index (χ0v) is 8.34. The van der Waals surface area contributed by atoms with E-state index in [9.17, 15) is 5.11 Å². The molecule has 1 aliphatic rings. The van der Waals surface area contributed by atoms with Crippen molar-refractivity contribution in [3.05, 3.63) is 0 Å². The van der Waals surface area contributed by atoms with Crippen molar-refractivity contribution in [3.8, 4) is 0 Å². The Bertz CT molecular complexity index is 135. The van der Waals surface area contributed by atoms with Crippen LogP contribution in [-0.4, -0.2) is 23.9 Å². The smallest absolute Gasteiger partial charge is 0.0703 e. The summed E-state index contributed by atoms with van der Waals surface area (Å²) < 4.78 is 5.58. The van der Waals surface area contributed by atoms with Crippen LogP contribution in [0.15, 0.2) is 0 Å². The Labute approximate surface area is 74.9 Å². The molecule has 1 saturated carbocycles. The van der Waals surface area contributed by atoms with Crippen LogP contribution in [-0.2, 0) is 4.74 Å². The van der Waals surface area contributed by atoms with Crippen LogP contribution in [0.1, 0.15) is 39.5 Å². The number of ether oxygens (including phenoxy) is 1. The molecule has 1 N–H and O–H groups in total. The molecule has 72 valence electrons. The van der Waals surface area contributed by atoms with Gasteiger partial charge in [-0.1, -0.05) is 13.8 Å². The largest absolute Gasteiger partial charge is 0.393 e. The summed E-state index contributed by atoms with van der Waals surface area (Å²) in [4.78, 5) is 0. The number of rotatable bonds is 2. The highest BCUT2D eigenvalue weighted by Gasteiger charge is 2.37. The van der Waals surface area contributed by atoms with E-state index in [4.69, 9.17) is 4.74 Å². The lowest BCUT2D eigenvalue weighted by atomic mass is 9.76. The summed E-state index contributed by atoms with van der Waals surface area (Å²) in [5.74, 6) is 0.551. The molecule has 0 unspecified atom stereocenters. The molecule has 0 amide bonds. The summed E-state index contributed by atoms with van der Waals surface area (Å²) in [7, 11) is 1.79. The normalized spacial score (nSPS) is 37.2. The number of hydrogen-bond donors (Lipinski definition) is 1. The summed E-state index contributed by atoms with van der Waals surface area (Å²) >= 11 is 0. The third-order valence-electron chi connectivity index (χ3n) is 3.26. The van der Waals surface area contributed by atoms with E-state index < -0.39 is 0 Å². The maximum atomic E-state index is 9.36. The van der Waals surface area contributed by atoms with Gasteiger partial charge in [-0.05, 0) is 31.6 Å². The molecular weight excluding hydrogens is 152 g/mol. The molecule has 0 heterocycles. The third-order valence-corrected chi connectivity index (χ3v) is 3.26. The van der Waals surface area contributed by atoms with E-state index >= 15 is 0 Å². The second-order valence-corrected chi connectivity index (χ2v) is 4.15. The van der Waals surface area contributed by atoms with Gasteiger partial charge >= 0.3 is 0 Å². The Balaban J connectivity index is 2.57. The van der Waals surface area contributed by atoms with Crippen molar-refractivity contribution in [3.63, 3.8) is 0 Å². The van der Waals surface area contributed by atoms with Crippen molar-refractivity contribution in [2.75, 3.05) is 7.11 Å². The minimum absolute atomic E-state index is 0.0409. The molecule has 0 aliphatic heterocycles. The van der Waals surface area contributed by atoms with Crippen LogP contribution in [0.4, 0.5) is 0 Å². The van der Waals surface area contributed by atoms with Crippen molar-refractivity contribution in [2.24, 2.45) is 5.92 Å². The molecule has 0 saturated heterocycles. The van der Waals surface area contributed by atoms with Crippen LogP contribution < -0.4 is 0 Å². The number of aliphatic hydroxyl groups excluding tert-OH is 1. The standard InChI is InChI=1S/C10H20O2/c1-8(2)10(12-3)6-4-9(11)5-7-10/h8-9,11H,4-7H2,1-3H3. The van der Waals surface area contributed by atoms with Gasteiger partial charge in [0.15, 0.2) is 0 Å². The fraction of sp³-hybridized carbons (Fsp3) is 1.00. The Morgan fingerprint density at radius 1 is 1.33 bits per heavy atom. The van der Waals surface area contributed by atoms with E-state index in [-0.39, 0.29) is 11.7 Å². The van der Waals surface area contributed by atoms with Crippen LogP contribution in [0.3, 0.4) is 0 Å². The van der Waals surface area contributed by atoms with Gasteiger partial charge in [-0.25, -0.2) is 0 Å². The summed E-state index contributed by atoms with van der Waals surface area (Å²) in [6.07, 6.45) is 3.70. The number of hydrogen-bond acceptors (Lipinski definition) is 2. The molecule has 0 aromatic carbocycles. The topological polar surface area (TPSA) is 29.5 Å². The summed E-state index contributed by atoms with van der Waals surface area (Å²) in [6, 6.07) is 0. The molecule has 1 rings (SSSR count). The van der Waals surface area contributed by atoms with E-state index in [1.165, 1.54) is 0 Å². The molecule has 2 nitrogen and oxygen atoms in total. The molecule has 1 fully saturated rings. The lowest BCUT2D eigenvalue weighted by Gasteiger charge is -2.41. The van der Waals surface area contributed by atoms with Gasteiger partial charge in [0.05, 0.1) is 11.7 Å². The average molecular weight is 172 g/mol. The van der Waals surface area contributed by atoms with Crippen molar-refractivity contribution >= 4 is 0 Å². The van der Waals surface area contributed by atoms with Gasteiger partial charge in [0.2, 0.25) is 0 Å². The molecule has 0 bridgehead atoms. The van der Waals surface area contributed by atoms with Gasteiger partial charge < -0.3 is 9.84 Å². The summed E-state index contributed by atoms with van der Waals surface area (Å²) in [5.41, 5.74) is 0.0409. The van der Waals surface area contributed by atoms with Crippen LogP contribution in [0.25, 0.3) is 0 Å². The van der Waals surface area contributed by atoms with Crippen molar-refractivity contribution in [2.45, 2.75) is 51.2 Å². The highest BCUT2D eigenvalue weighted by Crippen LogP contribution is 2.36. The van der Waals surface area contributed by atoms with E-state index in [0.29, 0.717) is 5.92 Å². The van der Waals surface area contributed by atoms with E-state index in [0.717, 1.165) is 25.7 Å². The molecule has 1 aliphatic carbocycles. The fourth-order valence-electron chi connectivity index (χ4n) is 2.11. The lowest BCUT2D eigenvalue weighted by molar-refractivity contribution is -0.0934. The van der Waals surface area contributed by atoms with Crippen molar-refractivity contribution in [1.82, 2.24) is 0 Å². The first-order valence-corrected chi connectivity index (χ1v) is 4.84. The monoisotopic (exact) mass is 172 g/mol. The van der Waals surface area contributed by atoms with Crippen molar-refractivity contribution < 1.29 is 9.84 Å². The van der Waals surface area contributed by atoms with Gasteiger partial charge in [-0.3, -0.25) is 0 Å². The second-order valence-electron chi connectivity index (χ2n) is 4.15. The molecule has 0 aromatic heterocycles. The molecule has 0 radical (unpaired) electrons. The highest BCUT2D eigenvalue weighted by molar-refractivity contribution is 4.89. The Morgan fingerprint density at radius 2 is 1.83 bits per heavy atom. The lowest BCUT2D eigenvalue weighted by Crippen LogP contribution is -2.42. The summed E-state index contributed by atoms with van der Waals surface area (Å²) in [5, 5.41) is 9.36. The minimum atomic E-state index is -0.0907. The highest BCUT2D eigenvalue weighted by atomic mass is 16.5. The van der Waals surface area contributed by atoms with Gasteiger partial charge in [0, 0.05) is 7.11 Å². The predicted octanol–water partition coefficient (Wildman–Crippen LogP) is 1.96.